The molecule has 0 spiro atoms. The number of anilines is 4. The Morgan fingerprint density at radius 3 is 2.21 bits per heavy atom. The molecule has 2 aromatic rings. The Balaban J connectivity index is 1.34. The highest BCUT2D eigenvalue weighted by Crippen LogP contribution is 2.42. The van der Waals surface area contributed by atoms with E-state index in [1.807, 2.05) is 50.4 Å². The molecule has 5 rings (SSSR count). The van der Waals surface area contributed by atoms with Crippen LogP contribution in [0.15, 0.2) is 42.5 Å². The van der Waals surface area contributed by atoms with Crippen molar-refractivity contribution >= 4 is 34.6 Å². The Labute approximate surface area is 196 Å². The van der Waals surface area contributed by atoms with E-state index in [9.17, 15) is 9.59 Å². The zero-order chi connectivity index (χ0) is 22.9. The molecule has 2 saturated carbocycles. The number of fused-ring (bicyclic) bond motifs is 1. The minimum atomic E-state index is -0.154. The number of carbonyl (C=O) groups is 2. The van der Waals surface area contributed by atoms with Gasteiger partial charge >= 0.3 is 0 Å². The summed E-state index contributed by atoms with van der Waals surface area (Å²) in [7, 11) is 1.87. The lowest BCUT2D eigenvalue weighted by molar-refractivity contribution is -0.119. The average molecular weight is 447 g/mol. The first-order valence-electron chi connectivity index (χ1n) is 12.4. The predicted molar refractivity (Wildman–Crippen MR) is 133 cm³/mol. The molecule has 0 unspecified atom stereocenters. The van der Waals surface area contributed by atoms with Crippen LogP contribution in [0.1, 0.15) is 68.6 Å². The summed E-state index contributed by atoms with van der Waals surface area (Å²) < 4.78 is 0. The summed E-state index contributed by atoms with van der Waals surface area (Å²) in [6.45, 7) is 2.02. The van der Waals surface area contributed by atoms with Gasteiger partial charge in [0.25, 0.3) is 5.91 Å². The second-order valence-corrected chi connectivity index (χ2v) is 9.78. The molecular weight excluding hydrogens is 412 g/mol. The second kappa shape index (κ2) is 9.08. The molecule has 0 radical (unpaired) electrons. The number of benzene rings is 2. The standard InChI is InChI=1S/C27H34N4O2/c1-18-27(33)30(2)24-16-15-22(17-25(24)31(18)23-9-5-6-10-23)28-21-13-11-19(12-14-21)26(32)29-20-7-3-4-8-20/h11-18,20,23,28H,3-10H2,1-2H3,(H,29,32)/t18-/m1/s1. The Morgan fingerprint density at radius 2 is 1.52 bits per heavy atom. The number of likely N-dealkylation sites (N-methyl/N-ethyl adjacent to an activating group) is 1. The number of rotatable bonds is 5. The lowest BCUT2D eigenvalue weighted by atomic mass is 10.0. The van der Waals surface area contributed by atoms with Crippen LogP contribution < -0.4 is 20.4 Å². The first-order chi connectivity index (χ1) is 16.0. The van der Waals surface area contributed by atoms with Crippen molar-refractivity contribution in [3.8, 4) is 0 Å². The predicted octanol–water partition coefficient (Wildman–Crippen LogP) is 5.22. The van der Waals surface area contributed by atoms with Crippen molar-refractivity contribution in [1.29, 1.82) is 0 Å². The highest BCUT2D eigenvalue weighted by Gasteiger charge is 2.38. The average Bonchev–Trinajstić information content (AvgIpc) is 3.53. The van der Waals surface area contributed by atoms with Crippen molar-refractivity contribution in [3.05, 3.63) is 48.0 Å². The number of nitrogens with zero attached hydrogens (tertiary/aromatic N) is 2. The van der Waals surface area contributed by atoms with Crippen LogP contribution in [0.4, 0.5) is 22.7 Å². The fourth-order valence-corrected chi connectivity index (χ4v) is 5.72. The molecule has 1 atom stereocenters. The minimum Gasteiger partial charge on any atom is -0.355 e. The SMILES string of the molecule is C[C@@H]1C(=O)N(C)c2ccc(Nc3ccc(C(=O)NC4CCCC4)cc3)cc2N1C1CCCC1. The summed E-state index contributed by atoms with van der Waals surface area (Å²) in [5.74, 6) is 0.165. The fraction of sp³-hybridized carbons (Fsp3) is 0.481. The molecule has 2 amide bonds. The van der Waals surface area contributed by atoms with E-state index in [4.69, 9.17) is 0 Å². The molecule has 0 saturated heterocycles. The third-order valence-electron chi connectivity index (χ3n) is 7.56. The van der Waals surface area contributed by atoms with Crippen LogP contribution in [0.25, 0.3) is 0 Å². The zero-order valence-electron chi connectivity index (χ0n) is 19.6. The number of amides is 2. The molecule has 2 fully saturated rings. The van der Waals surface area contributed by atoms with Gasteiger partial charge in [-0.25, -0.2) is 0 Å². The van der Waals surface area contributed by atoms with E-state index < -0.39 is 0 Å². The summed E-state index contributed by atoms with van der Waals surface area (Å²) in [5.41, 5.74) is 4.70. The topological polar surface area (TPSA) is 64.7 Å². The second-order valence-electron chi connectivity index (χ2n) is 9.78. The Kier molecular flexibility index (Phi) is 6.00. The van der Waals surface area contributed by atoms with E-state index in [2.05, 4.69) is 21.6 Å². The number of hydrogen-bond donors (Lipinski definition) is 2. The molecule has 2 aliphatic carbocycles. The minimum absolute atomic E-state index is 0.0103. The Bertz CT molecular complexity index is 1020. The molecule has 3 aliphatic rings. The quantitative estimate of drug-likeness (QED) is 0.661. The van der Waals surface area contributed by atoms with E-state index in [-0.39, 0.29) is 17.9 Å². The van der Waals surface area contributed by atoms with Gasteiger partial charge in [-0.2, -0.15) is 0 Å². The summed E-state index contributed by atoms with van der Waals surface area (Å²) >= 11 is 0. The van der Waals surface area contributed by atoms with Crippen LogP contribution in [0.2, 0.25) is 0 Å². The van der Waals surface area contributed by atoms with Crippen LogP contribution in [0, 0.1) is 0 Å². The van der Waals surface area contributed by atoms with Gasteiger partial charge < -0.3 is 20.4 Å². The van der Waals surface area contributed by atoms with Gasteiger partial charge in [0, 0.05) is 36.1 Å². The molecule has 174 valence electrons. The summed E-state index contributed by atoms with van der Waals surface area (Å²) in [6.07, 6.45) is 9.32. The monoisotopic (exact) mass is 446 g/mol. The third kappa shape index (κ3) is 4.31. The van der Waals surface area contributed by atoms with E-state index in [0.717, 1.165) is 48.4 Å². The first kappa shape index (κ1) is 21.8. The van der Waals surface area contributed by atoms with Crippen LogP contribution in [-0.2, 0) is 4.79 Å². The van der Waals surface area contributed by atoms with Crippen molar-refractivity contribution in [2.75, 3.05) is 22.2 Å². The van der Waals surface area contributed by atoms with Gasteiger partial charge in [-0.15, -0.1) is 0 Å². The number of carbonyl (C=O) groups excluding carboxylic acids is 2. The Hall–Kier alpha value is -3.02. The normalized spacial score (nSPS) is 21.4. The lowest BCUT2D eigenvalue weighted by Gasteiger charge is -2.43. The molecule has 2 aromatic carbocycles. The maximum absolute atomic E-state index is 12.9. The van der Waals surface area contributed by atoms with Gasteiger partial charge in [-0.3, -0.25) is 9.59 Å². The Morgan fingerprint density at radius 1 is 0.879 bits per heavy atom. The number of nitrogens with one attached hydrogen (secondary N) is 2. The number of hydrogen-bond acceptors (Lipinski definition) is 4. The van der Waals surface area contributed by atoms with Gasteiger partial charge in [-0.05, 0) is 75.1 Å². The largest absolute Gasteiger partial charge is 0.355 e. The molecule has 0 aromatic heterocycles. The van der Waals surface area contributed by atoms with Gasteiger partial charge in [-0.1, -0.05) is 25.7 Å². The smallest absolute Gasteiger partial charge is 0.251 e. The molecule has 1 aliphatic heterocycles. The van der Waals surface area contributed by atoms with Gasteiger partial charge in [0.2, 0.25) is 5.91 Å². The lowest BCUT2D eigenvalue weighted by Crippen LogP contribution is -2.54. The van der Waals surface area contributed by atoms with E-state index in [1.165, 1.54) is 25.7 Å². The van der Waals surface area contributed by atoms with E-state index in [0.29, 0.717) is 17.6 Å². The molecule has 0 bridgehead atoms. The van der Waals surface area contributed by atoms with E-state index >= 15 is 0 Å². The molecule has 33 heavy (non-hydrogen) atoms. The summed E-state index contributed by atoms with van der Waals surface area (Å²) in [5, 5.41) is 6.63. The van der Waals surface area contributed by atoms with Gasteiger partial charge in [0.05, 0.1) is 11.4 Å². The molecular formula is C27H34N4O2. The summed E-state index contributed by atoms with van der Waals surface area (Å²) in [6, 6.07) is 14.5. The van der Waals surface area contributed by atoms with Crippen LogP contribution in [-0.4, -0.2) is 37.0 Å². The maximum Gasteiger partial charge on any atom is 0.251 e. The van der Waals surface area contributed by atoms with Gasteiger partial charge in [0.1, 0.15) is 6.04 Å². The molecule has 6 nitrogen and oxygen atoms in total. The first-order valence-corrected chi connectivity index (χ1v) is 12.4. The van der Waals surface area contributed by atoms with Gasteiger partial charge in [0.15, 0.2) is 0 Å². The van der Waals surface area contributed by atoms with Crippen molar-refractivity contribution < 1.29 is 9.59 Å². The fourth-order valence-electron chi connectivity index (χ4n) is 5.72. The molecule has 6 heteroatoms. The molecule has 1 heterocycles. The van der Waals surface area contributed by atoms with Crippen molar-refractivity contribution in [1.82, 2.24) is 5.32 Å². The summed E-state index contributed by atoms with van der Waals surface area (Å²) in [4.78, 5) is 29.5. The molecule has 2 N–H and O–H groups in total. The highest BCUT2D eigenvalue weighted by atomic mass is 16.2. The third-order valence-corrected chi connectivity index (χ3v) is 7.56. The van der Waals surface area contributed by atoms with Crippen LogP contribution in [0.3, 0.4) is 0 Å². The van der Waals surface area contributed by atoms with Crippen LogP contribution in [0.5, 0.6) is 0 Å². The van der Waals surface area contributed by atoms with Crippen LogP contribution >= 0.6 is 0 Å². The van der Waals surface area contributed by atoms with Crippen molar-refractivity contribution in [2.24, 2.45) is 0 Å². The van der Waals surface area contributed by atoms with Crippen molar-refractivity contribution in [2.45, 2.75) is 76.4 Å². The van der Waals surface area contributed by atoms with Crippen molar-refractivity contribution in [3.63, 3.8) is 0 Å². The highest BCUT2D eigenvalue weighted by molar-refractivity contribution is 6.05. The maximum atomic E-state index is 12.9. The zero-order valence-corrected chi connectivity index (χ0v) is 19.6. The van der Waals surface area contributed by atoms with E-state index in [1.54, 1.807) is 4.90 Å².